The first-order valence-electron chi connectivity index (χ1n) is 12.7. The molecule has 0 aliphatic heterocycles. The highest BCUT2D eigenvalue weighted by Gasteiger charge is 2.29. The molecule has 0 aliphatic rings. The Morgan fingerprint density at radius 3 is 2.11 bits per heavy atom. The molecule has 0 N–H and O–H groups in total. The van der Waals surface area contributed by atoms with Crippen molar-refractivity contribution in [2.75, 3.05) is 20.6 Å². The number of carbonyl (C=O) groups excluding carboxylic acids is 1. The van der Waals surface area contributed by atoms with Crippen LogP contribution in [0.4, 0.5) is 0 Å². The molecular formula is C33H30BrN3O. The summed E-state index contributed by atoms with van der Waals surface area (Å²) >= 11 is 3.71. The number of carbonyl (C=O) groups is 1. The number of hydrogen-bond acceptors (Lipinski definition) is 3. The Labute approximate surface area is 232 Å². The first-order chi connectivity index (χ1) is 18.5. The van der Waals surface area contributed by atoms with Gasteiger partial charge in [0.25, 0.3) is 0 Å². The van der Waals surface area contributed by atoms with Crippen molar-refractivity contribution < 1.29 is 4.79 Å². The molecule has 1 aromatic heterocycles. The Morgan fingerprint density at radius 1 is 0.816 bits per heavy atom. The van der Waals surface area contributed by atoms with E-state index >= 15 is 0 Å². The summed E-state index contributed by atoms with van der Waals surface area (Å²) in [5.41, 5.74) is 6.20. The van der Waals surface area contributed by atoms with Gasteiger partial charge in [-0.15, -0.1) is 0 Å². The highest BCUT2D eigenvalue weighted by molar-refractivity contribution is 9.10. The third-order valence-electron chi connectivity index (χ3n) is 6.71. The molecule has 4 aromatic carbocycles. The Bertz CT molecular complexity index is 1520. The third-order valence-corrected chi connectivity index (χ3v) is 7.35. The van der Waals surface area contributed by atoms with E-state index in [1.54, 1.807) is 4.90 Å². The van der Waals surface area contributed by atoms with Crippen molar-refractivity contribution in [3.8, 4) is 11.3 Å². The van der Waals surface area contributed by atoms with E-state index in [4.69, 9.17) is 4.98 Å². The molecular weight excluding hydrogens is 534 g/mol. The van der Waals surface area contributed by atoms with Gasteiger partial charge < -0.3 is 4.90 Å². The van der Waals surface area contributed by atoms with E-state index in [1.807, 2.05) is 68.7 Å². The number of likely N-dealkylation sites (N-methyl/N-ethyl adjacent to an activating group) is 1. The van der Waals surface area contributed by atoms with Crippen LogP contribution < -0.4 is 0 Å². The Morgan fingerprint density at radius 2 is 1.45 bits per heavy atom. The number of pyridine rings is 1. The molecule has 1 amide bonds. The van der Waals surface area contributed by atoms with Gasteiger partial charge in [-0.05, 0) is 39.2 Å². The topological polar surface area (TPSA) is 36.4 Å². The van der Waals surface area contributed by atoms with E-state index in [0.29, 0.717) is 6.54 Å². The van der Waals surface area contributed by atoms with Crippen molar-refractivity contribution >= 4 is 32.7 Å². The smallest absolute Gasteiger partial charge is 0.236 e. The van der Waals surface area contributed by atoms with E-state index in [1.165, 1.54) is 0 Å². The SMILES string of the molecule is CN(C)C(=O)CN(Cc1ccccc1)C(c1ccccc1)c1cc2cccc(Br)c2nc1-c1ccccc1. The van der Waals surface area contributed by atoms with Crippen LogP contribution in [-0.2, 0) is 11.3 Å². The van der Waals surface area contributed by atoms with Crippen LogP contribution in [0.15, 0.2) is 120 Å². The van der Waals surface area contributed by atoms with E-state index in [0.717, 1.165) is 43.3 Å². The minimum absolute atomic E-state index is 0.0552. The van der Waals surface area contributed by atoms with Crippen molar-refractivity contribution in [3.63, 3.8) is 0 Å². The van der Waals surface area contributed by atoms with E-state index < -0.39 is 0 Å². The first-order valence-corrected chi connectivity index (χ1v) is 13.5. The maximum absolute atomic E-state index is 13.2. The second kappa shape index (κ2) is 11.7. The highest BCUT2D eigenvalue weighted by atomic mass is 79.9. The normalized spacial score (nSPS) is 12.0. The lowest BCUT2D eigenvalue weighted by Gasteiger charge is -2.34. The molecule has 0 bridgehead atoms. The lowest BCUT2D eigenvalue weighted by molar-refractivity contribution is -0.130. The fourth-order valence-corrected chi connectivity index (χ4v) is 5.28. The van der Waals surface area contributed by atoms with Crippen LogP contribution in [0.1, 0.15) is 22.7 Å². The second-order valence-corrected chi connectivity index (χ2v) is 10.5. The number of hydrogen-bond donors (Lipinski definition) is 0. The molecule has 5 rings (SSSR count). The average molecular weight is 565 g/mol. The fraction of sp³-hybridized carbons (Fsp3) is 0.152. The fourth-order valence-electron chi connectivity index (χ4n) is 4.81. The number of para-hydroxylation sites is 1. The summed E-state index contributed by atoms with van der Waals surface area (Å²) in [6.45, 7) is 0.886. The summed E-state index contributed by atoms with van der Waals surface area (Å²) in [5, 5.41) is 1.05. The molecule has 190 valence electrons. The summed E-state index contributed by atoms with van der Waals surface area (Å²) in [7, 11) is 3.62. The predicted octanol–water partition coefficient (Wildman–Crippen LogP) is 7.34. The largest absolute Gasteiger partial charge is 0.348 e. The van der Waals surface area contributed by atoms with E-state index in [-0.39, 0.29) is 18.5 Å². The molecule has 0 saturated carbocycles. The zero-order valence-corrected chi connectivity index (χ0v) is 23.2. The van der Waals surface area contributed by atoms with Gasteiger partial charge in [-0.2, -0.15) is 0 Å². The second-order valence-electron chi connectivity index (χ2n) is 9.60. The third kappa shape index (κ3) is 5.69. The molecule has 1 heterocycles. The molecule has 5 aromatic rings. The standard InChI is InChI=1S/C33H30BrN3O/c1-36(2)30(38)23-37(22-24-13-6-3-7-14-24)33(26-17-10-5-11-18-26)28-21-27-19-12-20-29(34)32(27)35-31(28)25-15-8-4-9-16-25/h3-21,33H,22-23H2,1-2H3. The molecule has 1 unspecified atom stereocenters. The van der Waals surface area contributed by atoms with Gasteiger partial charge in [0.15, 0.2) is 0 Å². The molecule has 0 aliphatic carbocycles. The van der Waals surface area contributed by atoms with Crippen molar-refractivity contribution in [2.24, 2.45) is 0 Å². The van der Waals surface area contributed by atoms with Crippen LogP contribution in [-0.4, -0.2) is 41.3 Å². The van der Waals surface area contributed by atoms with Gasteiger partial charge in [0.05, 0.1) is 23.8 Å². The van der Waals surface area contributed by atoms with Crippen LogP contribution in [0.5, 0.6) is 0 Å². The maximum atomic E-state index is 13.2. The number of fused-ring (bicyclic) bond motifs is 1. The molecule has 0 radical (unpaired) electrons. The predicted molar refractivity (Wildman–Crippen MR) is 159 cm³/mol. The summed E-state index contributed by atoms with van der Waals surface area (Å²) in [5.74, 6) is 0.0552. The Kier molecular flexibility index (Phi) is 7.97. The number of rotatable bonds is 8. The van der Waals surface area contributed by atoms with Gasteiger partial charge in [-0.25, -0.2) is 4.98 Å². The lowest BCUT2D eigenvalue weighted by Crippen LogP contribution is -2.39. The van der Waals surface area contributed by atoms with Crippen LogP contribution >= 0.6 is 15.9 Å². The molecule has 0 spiro atoms. The van der Waals surface area contributed by atoms with Crippen LogP contribution in [0.25, 0.3) is 22.2 Å². The number of nitrogens with zero attached hydrogens (tertiary/aromatic N) is 3. The Hall–Kier alpha value is -3.80. The van der Waals surface area contributed by atoms with Gasteiger partial charge in [-0.1, -0.05) is 103 Å². The molecule has 38 heavy (non-hydrogen) atoms. The highest BCUT2D eigenvalue weighted by Crippen LogP contribution is 2.38. The number of aromatic nitrogens is 1. The zero-order valence-electron chi connectivity index (χ0n) is 21.6. The van der Waals surface area contributed by atoms with Crippen LogP contribution in [0.3, 0.4) is 0 Å². The zero-order chi connectivity index (χ0) is 26.5. The molecule has 1 atom stereocenters. The first kappa shape index (κ1) is 25.8. The van der Waals surface area contributed by atoms with Crippen molar-refractivity contribution in [1.29, 1.82) is 0 Å². The maximum Gasteiger partial charge on any atom is 0.236 e. The molecule has 0 saturated heterocycles. The quantitative estimate of drug-likeness (QED) is 0.198. The number of halogens is 1. The summed E-state index contributed by atoms with van der Waals surface area (Å²) in [4.78, 5) is 22.3. The van der Waals surface area contributed by atoms with Crippen LogP contribution in [0, 0.1) is 0 Å². The Balaban J connectivity index is 1.77. The van der Waals surface area contributed by atoms with Crippen LogP contribution in [0.2, 0.25) is 0 Å². The van der Waals surface area contributed by atoms with Crippen molar-refractivity contribution in [2.45, 2.75) is 12.6 Å². The van der Waals surface area contributed by atoms with E-state index in [2.05, 4.69) is 81.5 Å². The molecule has 4 nitrogen and oxygen atoms in total. The molecule has 5 heteroatoms. The van der Waals surface area contributed by atoms with Gasteiger partial charge in [0.1, 0.15) is 0 Å². The summed E-state index contributed by atoms with van der Waals surface area (Å²) in [6.07, 6.45) is 0. The summed E-state index contributed by atoms with van der Waals surface area (Å²) in [6, 6.07) is 39.3. The lowest BCUT2D eigenvalue weighted by atomic mass is 9.91. The summed E-state index contributed by atoms with van der Waals surface area (Å²) < 4.78 is 0.957. The van der Waals surface area contributed by atoms with Gasteiger partial charge >= 0.3 is 0 Å². The van der Waals surface area contributed by atoms with Gasteiger partial charge in [-0.3, -0.25) is 9.69 Å². The average Bonchev–Trinajstić information content (AvgIpc) is 2.94. The monoisotopic (exact) mass is 563 g/mol. The van der Waals surface area contributed by atoms with Crippen molar-refractivity contribution in [3.05, 3.63) is 136 Å². The van der Waals surface area contributed by atoms with Crippen molar-refractivity contribution in [1.82, 2.24) is 14.8 Å². The van der Waals surface area contributed by atoms with Gasteiger partial charge in [0, 0.05) is 41.6 Å². The minimum Gasteiger partial charge on any atom is -0.348 e. The number of benzene rings is 4. The minimum atomic E-state index is -0.202. The molecule has 0 fully saturated rings. The van der Waals surface area contributed by atoms with Gasteiger partial charge in [0.2, 0.25) is 5.91 Å². The number of amides is 1. The van der Waals surface area contributed by atoms with E-state index in [9.17, 15) is 4.79 Å².